The molecule has 0 spiro atoms. The highest BCUT2D eigenvalue weighted by atomic mass is 32.1. The van der Waals surface area contributed by atoms with Crippen molar-refractivity contribution in [1.29, 1.82) is 5.26 Å². The average molecular weight is 403 g/mol. The highest BCUT2D eigenvalue weighted by Gasteiger charge is 2.32. The zero-order valence-electron chi connectivity index (χ0n) is 16.8. The van der Waals surface area contributed by atoms with Crippen LogP contribution in [-0.4, -0.2) is 41.6 Å². The quantitative estimate of drug-likeness (QED) is 0.597. The molecule has 29 heavy (non-hydrogen) atoms. The molecule has 5 rings (SSSR count). The molecular weight excluding hydrogens is 376 g/mol. The van der Waals surface area contributed by atoms with E-state index < -0.39 is 0 Å². The van der Waals surface area contributed by atoms with Gasteiger partial charge in [-0.15, -0.1) is 0 Å². The van der Waals surface area contributed by atoms with Gasteiger partial charge in [0.05, 0.1) is 21.8 Å². The zero-order chi connectivity index (χ0) is 19.8. The molecule has 1 aromatic heterocycles. The SMILES string of the molecule is CC1CCCCN1[C@@H]1CCN(c2nc3ccc(-c4ccc(C#N)cc4)cc3s2)C1. The van der Waals surface area contributed by atoms with Gasteiger partial charge in [-0.1, -0.05) is 36.0 Å². The van der Waals surface area contributed by atoms with Crippen LogP contribution in [0.3, 0.4) is 0 Å². The van der Waals surface area contributed by atoms with Crippen LogP contribution in [0.15, 0.2) is 42.5 Å². The number of nitrogens with zero attached hydrogens (tertiary/aromatic N) is 4. The van der Waals surface area contributed by atoms with Crippen LogP contribution in [0.2, 0.25) is 0 Å². The maximum absolute atomic E-state index is 9.00. The predicted octanol–water partition coefficient (Wildman–Crippen LogP) is 5.29. The summed E-state index contributed by atoms with van der Waals surface area (Å²) < 4.78 is 1.23. The molecule has 2 fully saturated rings. The molecule has 2 saturated heterocycles. The Morgan fingerprint density at radius 3 is 2.66 bits per heavy atom. The smallest absolute Gasteiger partial charge is 0.186 e. The van der Waals surface area contributed by atoms with Crippen molar-refractivity contribution in [2.75, 3.05) is 24.5 Å². The number of likely N-dealkylation sites (tertiary alicyclic amines) is 1. The van der Waals surface area contributed by atoms with Gasteiger partial charge < -0.3 is 4.90 Å². The Bertz CT molecular complexity index is 1050. The number of rotatable bonds is 3. The summed E-state index contributed by atoms with van der Waals surface area (Å²) in [5.41, 5.74) is 4.10. The van der Waals surface area contributed by atoms with Crippen LogP contribution in [0, 0.1) is 11.3 Å². The normalized spacial score (nSPS) is 22.8. The van der Waals surface area contributed by atoms with Crippen molar-refractivity contribution in [3.63, 3.8) is 0 Å². The second-order valence-electron chi connectivity index (χ2n) is 8.34. The fraction of sp³-hybridized carbons (Fsp3) is 0.417. The van der Waals surface area contributed by atoms with E-state index in [4.69, 9.17) is 10.2 Å². The number of hydrogen-bond acceptors (Lipinski definition) is 5. The molecule has 2 atom stereocenters. The van der Waals surface area contributed by atoms with Crippen LogP contribution in [-0.2, 0) is 0 Å². The molecule has 0 aliphatic carbocycles. The van der Waals surface area contributed by atoms with Gasteiger partial charge in [-0.3, -0.25) is 4.90 Å². The first-order valence-electron chi connectivity index (χ1n) is 10.6. The third kappa shape index (κ3) is 3.63. The fourth-order valence-corrected chi connectivity index (χ4v) is 5.85. The maximum atomic E-state index is 9.00. The number of piperidine rings is 1. The lowest BCUT2D eigenvalue weighted by Gasteiger charge is -2.37. The van der Waals surface area contributed by atoms with Crippen molar-refractivity contribution in [3.8, 4) is 17.2 Å². The first-order valence-corrected chi connectivity index (χ1v) is 11.4. The Hall–Kier alpha value is -2.42. The van der Waals surface area contributed by atoms with Gasteiger partial charge in [0, 0.05) is 25.2 Å². The Kier molecular flexibility index (Phi) is 4.99. The van der Waals surface area contributed by atoms with Gasteiger partial charge in [-0.2, -0.15) is 5.26 Å². The van der Waals surface area contributed by atoms with Crippen LogP contribution < -0.4 is 4.90 Å². The second kappa shape index (κ2) is 7.78. The zero-order valence-corrected chi connectivity index (χ0v) is 17.7. The van der Waals surface area contributed by atoms with Gasteiger partial charge in [0.2, 0.25) is 0 Å². The molecule has 0 bridgehead atoms. The lowest BCUT2D eigenvalue weighted by Crippen LogP contribution is -2.46. The molecule has 2 aliphatic heterocycles. The van der Waals surface area contributed by atoms with Gasteiger partial charge in [-0.05, 0) is 68.1 Å². The van der Waals surface area contributed by atoms with Crippen molar-refractivity contribution in [3.05, 3.63) is 48.0 Å². The molecule has 0 amide bonds. The monoisotopic (exact) mass is 402 g/mol. The van der Waals surface area contributed by atoms with Crippen molar-refractivity contribution in [2.45, 2.75) is 44.7 Å². The number of fused-ring (bicyclic) bond motifs is 1. The fourth-order valence-electron chi connectivity index (χ4n) is 4.81. The van der Waals surface area contributed by atoms with Crippen LogP contribution in [0.4, 0.5) is 5.13 Å². The molecule has 148 valence electrons. The molecule has 0 radical (unpaired) electrons. The number of hydrogen-bond donors (Lipinski definition) is 0. The minimum absolute atomic E-state index is 0.673. The summed E-state index contributed by atoms with van der Waals surface area (Å²) in [7, 11) is 0. The first-order chi connectivity index (χ1) is 14.2. The summed E-state index contributed by atoms with van der Waals surface area (Å²) in [6.07, 6.45) is 5.32. The maximum Gasteiger partial charge on any atom is 0.186 e. The van der Waals surface area contributed by atoms with Gasteiger partial charge in [0.1, 0.15) is 0 Å². The van der Waals surface area contributed by atoms with Crippen molar-refractivity contribution >= 4 is 26.7 Å². The van der Waals surface area contributed by atoms with Gasteiger partial charge in [0.15, 0.2) is 5.13 Å². The summed E-state index contributed by atoms with van der Waals surface area (Å²) >= 11 is 1.80. The van der Waals surface area contributed by atoms with Crippen molar-refractivity contribution in [1.82, 2.24) is 9.88 Å². The lowest BCUT2D eigenvalue weighted by atomic mass is 10.0. The number of anilines is 1. The number of thiazole rings is 1. The molecule has 4 nitrogen and oxygen atoms in total. The summed E-state index contributed by atoms with van der Waals surface area (Å²) in [5.74, 6) is 0. The Labute approximate surface area is 176 Å². The third-order valence-corrected chi connectivity index (χ3v) is 7.56. The van der Waals surface area contributed by atoms with Gasteiger partial charge in [-0.25, -0.2) is 4.98 Å². The lowest BCUT2D eigenvalue weighted by molar-refractivity contribution is 0.115. The van der Waals surface area contributed by atoms with E-state index >= 15 is 0 Å². The topological polar surface area (TPSA) is 43.2 Å². The molecule has 0 saturated carbocycles. The minimum Gasteiger partial charge on any atom is -0.346 e. The Morgan fingerprint density at radius 1 is 1.03 bits per heavy atom. The average Bonchev–Trinajstić information content (AvgIpc) is 3.40. The minimum atomic E-state index is 0.673. The molecular formula is C24H26N4S. The van der Waals surface area contributed by atoms with Gasteiger partial charge >= 0.3 is 0 Å². The van der Waals surface area contributed by atoms with E-state index in [1.165, 1.54) is 42.5 Å². The van der Waals surface area contributed by atoms with E-state index in [0.717, 1.165) is 35.3 Å². The number of nitriles is 1. The second-order valence-corrected chi connectivity index (χ2v) is 9.35. The Morgan fingerprint density at radius 2 is 1.86 bits per heavy atom. The molecule has 3 heterocycles. The van der Waals surface area contributed by atoms with Crippen LogP contribution in [0.25, 0.3) is 21.3 Å². The summed E-state index contributed by atoms with van der Waals surface area (Å²) in [4.78, 5) is 10.2. The molecule has 1 unspecified atom stereocenters. The highest BCUT2D eigenvalue weighted by Crippen LogP contribution is 2.35. The Balaban J connectivity index is 1.35. The van der Waals surface area contributed by atoms with E-state index in [9.17, 15) is 0 Å². The van der Waals surface area contributed by atoms with E-state index in [-0.39, 0.29) is 0 Å². The van der Waals surface area contributed by atoms with Crippen molar-refractivity contribution in [2.24, 2.45) is 0 Å². The third-order valence-electron chi connectivity index (χ3n) is 6.48. The van der Waals surface area contributed by atoms with Crippen LogP contribution in [0.1, 0.15) is 38.2 Å². The molecule has 3 aromatic rings. The predicted molar refractivity (Wildman–Crippen MR) is 120 cm³/mol. The van der Waals surface area contributed by atoms with E-state index in [1.54, 1.807) is 11.3 Å². The standard InChI is InChI=1S/C24H26N4S/c1-17-4-2-3-12-28(17)21-11-13-27(16-21)24-26-22-10-9-20(14-23(22)29-24)19-7-5-18(15-25)6-8-19/h5-10,14,17,21H,2-4,11-13,16H2,1H3/t17?,21-/m1/s1. The molecule has 2 aromatic carbocycles. The molecule has 5 heteroatoms. The molecule has 0 N–H and O–H groups in total. The highest BCUT2D eigenvalue weighted by molar-refractivity contribution is 7.22. The van der Waals surface area contributed by atoms with Crippen LogP contribution in [0.5, 0.6) is 0 Å². The summed E-state index contributed by atoms with van der Waals surface area (Å²) in [5, 5.41) is 10.2. The summed E-state index contributed by atoms with van der Waals surface area (Å²) in [6.45, 7) is 5.86. The number of aromatic nitrogens is 1. The summed E-state index contributed by atoms with van der Waals surface area (Å²) in [6, 6.07) is 17.9. The largest absolute Gasteiger partial charge is 0.346 e. The van der Waals surface area contributed by atoms with Gasteiger partial charge in [0.25, 0.3) is 0 Å². The first kappa shape index (κ1) is 18.6. The van der Waals surface area contributed by atoms with Crippen LogP contribution >= 0.6 is 11.3 Å². The number of benzene rings is 2. The van der Waals surface area contributed by atoms with Crippen molar-refractivity contribution < 1.29 is 0 Å². The molecule has 2 aliphatic rings. The van der Waals surface area contributed by atoms with E-state index in [1.807, 2.05) is 24.3 Å². The van der Waals surface area contributed by atoms with E-state index in [2.05, 4.69) is 41.0 Å². The van der Waals surface area contributed by atoms with E-state index in [0.29, 0.717) is 11.6 Å².